The van der Waals surface area contributed by atoms with Crippen LogP contribution in [-0.2, 0) is 13.6 Å². The van der Waals surface area contributed by atoms with E-state index >= 15 is 0 Å². The van der Waals surface area contributed by atoms with Crippen molar-refractivity contribution >= 4 is 16.9 Å². The molecule has 14 heavy (non-hydrogen) atoms. The van der Waals surface area contributed by atoms with Gasteiger partial charge in [0.15, 0.2) is 17.2 Å². The highest BCUT2D eigenvalue weighted by Gasteiger charge is 2.00. The first-order chi connectivity index (χ1) is 6.77. The van der Waals surface area contributed by atoms with E-state index in [4.69, 9.17) is 5.26 Å². The van der Waals surface area contributed by atoms with Gasteiger partial charge in [0, 0.05) is 7.05 Å². The van der Waals surface area contributed by atoms with Crippen molar-refractivity contribution in [1.29, 1.82) is 5.26 Å². The molecule has 1 aromatic rings. The van der Waals surface area contributed by atoms with Gasteiger partial charge in [-0.3, -0.25) is 10.3 Å². The molecule has 0 fully saturated rings. The number of amidine groups is 1. The summed E-state index contributed by atoms with van der Waals surface area (Å²) >= 11 is 1.38. The molecule has 1 aromatic heterocycles. The molecule has 0 amide bonds. The molecular weight excluding hydrogens is 200 g/mol. The molecule has 1 heterocycles. The number of aromatic nitrogens is 3. The van der Waals surface area contributed by atoms with Crippen LogP contribution in [0, 0.1) is 11.5 Å². The molecular formula is C7H10N6S. The Hall–Kier alpha value is -1.55. The molecule has 0 radical (unpaired) electrons. The number of hydrogen-bond donors (Lipinski definition) is 1. The van der Waals surface area contributed by atoms with E-state index in [1.807, 2.05) is 19.5 Å². The lowest BCUT2D eigenvalue weighted by atomic mass is 10.6. The van der Waals surface area contributed by atoms with Crippen LogP contribution in [0.3, 0.4) is 0 Å². The Kier molecular flexibility index (Phi) is 3.94. The number of nitrogens with one attached hydrogen (secondary N) is 1. The molecule has 0 unspecified atom stereocenters. The highest BCUT2D eigenvalue weighted by molar-refractivity contribution is 8.13. The zero-order valence-electron chi connectivity index (χ0n) is 7.93. The first kappa shape index (κ1) is 10.5. The van der Waals surface area contributed by atoms with Crippen LogP contribution in [0.1, 0.15) is 5.82 Å². The molecule has 74 valence electrons. The highest BCUT2D eigenvalue weighted by atomic mass is 32.2. The average Bonchev–Trinajstić information content (AvgIpc) is 2.59. The molecule has 0 aliphatic carbocycles. The van der Waals surface area contributed by atoms with Crippen molar-refractivity contribution in [2.24, 2.45) is 12.0 Å². The van der Waals surface area contributed by atoms with Gasteiger partial charge < -0.3 is 4.57 Å². The van der Waals surface area contributed by atoms with Crippen molar-refractivity contribution in [3.8, 4) is 6.19 Å². The predicted molar refractivity (Wildman–Crippen MR) is 54.4 cm³/mol. The summed E-state index contributed by atoms with van der Waals surface area (Å²) in [5.74, 6) is 0.760. The summed E-state index contributed by atoms with van der Waals surface area (Å²) < 4.78 is 1.79. The lowest BCUT2D eigenvalue weighted by molar-refractivity contribution is 0.793. The third-order valence-corrected chi connectivity index (χ3v) is 2.14. The molecule has 0 aliphatic rings. The van der Waals surface area contributed by atoms with E-state index < -0.39 is 0 Å². The van der Waals surface area contributed by atoms with Crippen molar-refractivity contribution in [3.63, 3.8) is 0 Å². The van der Waals surface area contributed by atoms with Gasteiger partial charge in [-0.25, -0.2) is 0 Å². The number of nitriles is 1. The molecule has 0 saturated heterocycles. The zero-order chi connectivity index (χ0) is 10.4. The molecule has 0 saturated carbocycles. The minimum absolute atomic E-state index is 0.418. The van der Waals surface area contributed by atoms with Crippen molar-refractivity contribution in [2.75, 3.05) is 6.26 Å². The van der Waals surface area contributed by atoms with Crippen LogP contribution in [0.25, 0.3) is 0 Å². The third-order valence-electron chi connectivity index (χ3n) is 1.53. The Labute approximate surface area is 86.0 Å². The number of aliphatic imine (C=N–C) groups is 1. The van der Waals surface area contributed by atoms with E-state index in [-0.39, 0.29) is 0 Å². The Bertz CT molecular complexity index is 363. The number of nitrogens with zero attached hydrogens (tertiary/aromatic N) is 5. The molecule has 0 aliphatic heterocycles. The van der Waals surface area contributed by atoms with E-state index in [1.54, 1.807) is 10.9 Å². The van der Waals surface area contributed by atoms with Crippen LogP contribution >= 0.6 is 11.8 Å². The summed E-state index contributed by atoms with van der Waals surface area (Å²) in [6, 6.07) is 0. The van der Waals surface area contributed by atoms with E-state index in [1.165, 1.54) is 11.8 Å². The zero-order valence-corrected chi connectivity index (χ0v) is 8.75. The Morgan fingerprint density at radius 2 is 2.64 bits per heavy atom. The predicted octanol–water partition coefficient (Wildman–Crippen LogP) is 0.105. The topological polar surface area (TPSA) is 78.9 Å². The molecule has 6 nitrogen and oxygen atoms in total. The number of thioether (sulfide) groups is 1. The van der Waals surface area contributed by atoms with E-state index in [2.05, 4.69) is 20.5 Å². The quantitative estimate of drug-likeness (QED) is 0.324. The van der Waals surface area contributed by atoms with Crippen molar-refractivity contribution in [2.45, 2.75) is 6.54 Å². The van der Waals surface area contributed by atoms with Gasteiger partial charge in [0.1, 0.15) is 12.9 Å². The normalized spacial score (nSPS) is 11.1. The van der Waals surface area contributed by atoms with Gasteiger partial charge in [0.2, 0.25) is 0 Å². The summed E-state index contributed by atoms with van der Waals surface area (Å²) in [6.45, 7) is 0.418. The summed E-state index contributed by atoms with van der Waals surface area (Å²) in [7, 11) is 1.85. The first-order valence-corrected chi connectivity index (χ1v) is 5.06. The van der Waals surface area contributed by atoms with Crippen LogP contribution in [0.5, 0.6) is 0 Å². The van der Waals surface area contributed by atoms with Gasteiger partial charge >= 0.3 is 0 Å². The summed E-state index contributed by atoms with van der Waals surface area (Å²) in [5, 5.41) is 19.0. The van der Waals surface area contributed by atoms with Crippen LogP contribution in [0.4, 0.5) is 0 Å². The lowest BCUT2D eigenvalue weighted by Crippen LogP contribution is -2.13. The average molecular weight is 210 g/mol. The van der Waals surface area contributed by atoms with Gasteiger partial charge in [-0.2, -0.15) is 5.26 Å². The monoisotopic (exact) mass is 210 g/mol. The maximum absolute atomic E-state index is 8.39. The summed E-state index contributed by atoms with van der Waals surface area (Å²) in [5.41, 5.74) is 0. The maximum Gasteiger partial charge on any atom is 0.183 e. The van der Waals surface area contributed by atoms with E-state index in [9.17, 15) is 0 Å². The van der Waals surface area contributed by atoms with E-state index in [0.717, 1.165) is 5.82 Å². The Morgan fingerprint density at radius 3 is 3.14 bits per heavy atom. The summed E-state index contributed by atoms with van der Waals surface area (Å²) in [6.07, 6.45) is 5.28. The van der Waals surface area contributed by atoms with Crippen molar-refractivity contribution < 1.29 is 0 Å². The van der Waals surface area contributed by atoms with Crippen molar-refractivity contribution in [3.05, 3.63) is 12.2 Å². The van der Waals surface area contributed by atoms with Crippen LogP contribution in [0.2, 0.25) is 0 Å². The van der Waals surface area contributed by atoms with Gasteiger partial charge in [0.25, 0.3) is 0 Å². The van der Waals surface area contributed by atoms with Crippen LogP contribution in [-0.4, -0.2) is 26.2 Å². The first-order valence-electron chi connectivity index (χ1n) is 3.84. The molecule has 1 rings (SSSR count). The maximum atomic E-state index is 8.39. The lowest BCUT2D eigenvalue weighted by Gasteiger charge is -1.99. The van der Waals surface area contributed by atoms with Gasteiger partial charge in [0.05, 0.1) is 0 Å². The van der Waals surface area contributed by atoms with Crippen LogP contribution < -0.4 is 5.32 Å². The largest absolute Gasteiger partial charge is 0.319 e. The van der Waals surface area contributed by atoms with Gasteiger partial charge in [-0.15, -0.1) is 10.2 Å². The molecule has 0 spiro atoms. The van der Waals surface area contributed by atoms with E-state index in [0.29, 0.717) is 11.7 Å². The standard InChI is InChI=1S/C7H10N6S/c1-13-5-11-12-6(13)3-9-7(14-2)10-4-8/h5H,3H2,1-2H3,(H,9,10). The fourth-order valence-electron chi connectivity index (χ4n) is 0.796. The van der Waals surface area contributed by atoms with Gasteiger partial charge in [-0.05, 0) is 6.26 Å². The third kappa shape index (κ3) is 2.74. The smallest absolute Gasteiger partial charge is 0.183 e. The highest BCUT2D eigenvalue weighted by Crippen LogP contribution is 1.99. The van der Waals surface area contributed by atoms with Gasteiger partial charge in [-0.1, -0.05) is 11.8 Å². The Morgan fingerprint density at radius 1 is 1.86 bits per heavy atom. The SMILES string of the molecule is CSC(=NCc1nncn1C)NC#N. The second-order valence-corrected chi connectivity index (χ2v) is 3.22. The number of rotatable bonds is 2. The number of hydrogen-bond acceptors (Lipinski definition) is 5. The Balaban J connectivity index is 2.62. The molecule has 0 aromatic carbocycles. The number of aryl methyl sites for hydroxylation is 1. The second-order valence-electron chi connectivity index (χ2n) is 2.42. The fraction of sp³-hybridized carbons (Fsp3) is 0.429. The minimum Gasteiger partial charge on any atom is -0.319 e. The minimum atomic E-state index is 0.418. The van der Waals surface area contributed by atoms with Crippen molar-refractivity contribution in [1.82, 2.24) is 20.1 Å². The molecule has 1 N–H and O–H groups in total. The van der Waals surface area contributed by atoms with Crippen LogP contribution in [0.15, 0.2) is 11.3 Å². The molecule has 7 heteroatoms. The summed E-state index contributed by atoms with van der Waals surface area (Å²) in [4.78, 5) is 4.16. The second kappa shape index (κ2) is 5.24. The molecule has 0 bridgehead atoms. The molecule has 0 atom stereocenters. The fourth-order valence-corrected chi connectivity index (χ4v) is 1.14.